The Morgan fingerprint density at radius 2 is 2.00 bits per heavy atom. The molecule has 2 rings (SSSR count). The average molecular weight is 285 g/mol. The van der Waals surface area contributed by atoms with Gasteiger partial charge in [-0.1, -0.05) is 25.7 Å². The Labute approximate surface area is 104 Å². The summed E-state index contributed by atoms with van der Waals surface area (Å²) in [5.41, 5.74) is 0.635. The first-order valence-electron chi connectivity index (χ1n) is 5.90. The van der Waals surface area contributed by atoms with Crippen LogP contribution in [0.5, 0.6) is 0 Å². The van der Waals surface area contributed by atoms with Crippen molar-refractivity contribution in [1.82, 2.24) is 10.3 Å². The van der Waals surface area contributed by atoms with Gasteiger partial charge in [0.15, 0.2) is 0 Å². The van der Waals surface area contributed by atoms with E-state index in [1.807, 2.05) is 6.07 Å². The molecule has 1 aliphatic rings. The van der Waals surface area contributed by atoms with Crippen LogP contribution in [0.25, 0.3) is 0 Å². The van der Waals surface area contributed by atoms with Crippen molar-refractivity contribution in [3.63, 3.8) is 0 Å². The molecule has 0 radical (unpaired) electrons. The van der Waals surface area contributed by atoms with Gasteiger partial charge in [-0.2, -0.15) is 0 Å². The Bertz CT molecular complexity index is 354. The number of carbonyl (C=O) groups is 1. The molecule has 0 unspecified atom stereocenters. The number of aromatic nitrogens is 1. The number of carbonyl (C=O) groups excluding carboxylic acids is 1. The molecule has 2 N–H and O–H groups in total. The third-order valence-electron chi connectivity index (χ3n) is 3.08. The molecular formula is C12H17BrN2O. The number of hydrogen-bond acceptors (Lipinski definition) is 1. The number of nitrogens with one attached hydrogen (secondary N) is 2. The predicted octanol–water partition coefficient (Wildman–Crippen LogP) is 3.23. The summed E-state index contributed by atoms with van der Waals surface area (Å²) in [4.78, 5) is 14.8. The molecule has 1 aliphatic carbocycles. The number of halogens is 1. The fraction of sp³-hybridized carbons (Fsp3) is 0.583. The van der Waals surface area contributed by atoms with E-state index in [0.29, 0.717) is 11.7 Å². The van der Waals surface area contributed by atoms with Crippen LogP contribution in [0.1, 0.15) is 49.0 Å². The Morgan fingerprint density at radius 1 is 1.31 bits per heavy atom. The Balaban J connectivity index is 1.90. The minimum atomic E-state index is 0.0117. The van der Waals surface area contributed by atoms with Crippen LogP contribution < -0.4 is 5.32 Å². The minimum absolute atomic E-state index is 0.0117. The molecule has 88 valence electrons. The molecule has 0 saturated heterocycles. The smallest absolute Gasteiger partial charge is 0.267 e. The molecule has 0 bridgehead atoms. The van der Waals surface area contributed by atoms with Crippen LogP contribution >= 0.6 is 15.9 Å². The van der Waals surface area contributed by atoms with E-state index < -0.39 is 0 Å². The summed E-state index contributed by atoms with van der Waals surface area (Å²) >= 11 is 3.33. The van der Waals surface area contributed by atoms with E-state index in [1.54, 1.807) is 6.20 Å². The molecule has 1 fully saturated rings. The van der Waals surface area contributed by atoms with Crippen LogP contribution in [0.15, 0.2) is 16.7 Å². The normalized spacial score (nSPS) is 18.1. The number of H-pyrrole nitrogens is 1. The summed E-state index contributed by atoms with van der Waals surface area (Å²) in [6, 6.07) is 2.17. The number of aromatic amines is 1. The summed E-state index contributed by atoms with van der Waals surface area (Å²) in [6.07, 6.45) is 9.10. The molecule has 0 aliphatic heterocycles. The quantitative estimate of drug-likeness (QED) is 0.805. The first kappa shape index (κ1) is 11.7. The monoisotopic (exact) mass is 284 g/mol. The molecule has 3 nitrogen and oxygen atoms in total. The van der Waals surface area contributed by atoms with Gasteiger partial charge in [0, 0.05) is 16.7 Å². The van der Waals surface area contributed by atoms with Crippen molar-refractivity contribution in [1.29, 1.82) is 0 Å². The summed E-state index contributed by atoms with van der Waals surface area (Å²) in [6.45, 7) is 0. The molecule has 0 spiro atoms. The second kappa shape index (κ2) is 5.53. The zero-order valence-corrected chi connectivity index (χ0v) is 10.8. The van der Waals surface area contributed by atoms with Gasteiger partial charge in [0.1, 0.15) is 5.69 Å². The molecule has 0 atom stereocenters. The third-order valence-corrected chi connectivity index (χ3v) is 3.54. The summed E-state index contributed by atoms with van der Waals surface area (Å²) in [5.74, 6) is 0.0117. The highest BCUT2D eigenvalue weighted by molar-refractivity contribution is 9.10. The van der Waals surface area contributed by atoms with Gasteiger partial charge >= 0.3 is 0 Å². The van der Waals surface area contributed by atoms with Crippen LogP contribution in [0.3, 0.4) is 0 Å². The molecule has 0 aromatic carbocycles. The SMILES string of the molecule is O=C(NC1CCCCCC1)c1cc(Br)c[nH]1. The van der Waals surface area contributed by atoms with Gasteiger partial charge in [-0.15, -0.1) is 0 Å². The van der Waals surface area contributed by atoms with Crippen LogP contribution in [-0.2, 0) is 0 Å². The molecule has 16 heavy (non-hydrogen) atoms. The maximum Gasteiger partial charge on any atom is 0.267 e. The minimum Gasteiger partial charge on any atom is -0.356 e. The van der Waals surface area contributed by atoms with Crippen molar-refractivity contribution in [2.24, 2.45) is 0 Å². The molecule has 1 amide bonds. The van der Waals surface area contributed by atoms with Gasteiger partial charge in [0.25, 0.3) is 5.91 Å². The zero-order valence-electron chi connectivity index (χ0n) is 9.26. The van der Waals surface area contributed by atoms with Crippen LogP contribution in [-0.4, -0.2) is 16.9 Å². The van der Waals surface area contributed by atoms with Gasteiger partial charge in [-0.25, -0.2) is 0 Å². The summed E-state index contributed by atoms with van der Waals surface area (Å²) < 4.78 is 0.915. The molecular weight excluding hydrogens is 268 g/mol. The van der Waals surface area contributed by atoms with E-state index >= 15 is 0 Å². The first-order chi connectivity index (χ1) is 7.75. The van der Waals surface area contributed by atoms with Gasteiger partial charge in [0.2, 0.25) is 0 Å². The van der Waals surface area contributed by atoms with Gasteiger partial charge < -0.3 is 10.3 Å². The van der Waals surface area contributed by atoms with Crippen molar-refractivity contribution in [2.75, 3.05) is 0 Å². The predicted molar refractivity (Wildman–Crippen MR) is 67.4 cm³/mol. The van der Waals surface area contributed by atoms with Crippen molar-refractivity contribution in [3.8, 4) is 0 Å². The van der Waals surface area contributed by atoms with Crippen LogP contribution in [0, 0.1) is 0 Å². The lowest BCUT2D eigenvalue weighted by atomic mass is 10.1. The van der Waals surface area contributed by atoms with E-state index in [9.17, 15) is 4.79 Å². The van der Waals surface area contributed by atoms with Crippen molar-refractivity contribution >= 4 is 21.8 Å². The molecule has 1 aromatic rings. The lowest BCUT2D eigenvalue weighted by Crippen LogP contribution is -2.34. The first-order valence-corrected chi connectivity index (χ1v) is 6.70. The Morgan fingerprint density at radius 3 is 2.56 bits per heavy atom. The average Bonchev–Trinajstić information content (AvgIpc) is 2.54. The van der Waals surface area contributed by atoms with E-state index in [-0.39, 0.29) is 5.91 Å². The summed E-state index contributed by atoms with van der Waals surface area (Å²) in [5, 5.41) is 3.10. The third kappa shape index (κ3) is 3.11. The van der Waals surface area contributed by atoms with Crippen LogP contribution in [0.2, 0.25) is 0 Å². The molecule has 1 saturated carbocycles. The number of rotatable bonds is 2. The number of amides is 1. The Hall–Kier alpha value is -0.770. The maximum atomic E-state index is 11.9. The van der Waals surface area contributed by atoms with E-state index in [1.165, 1.54) is 25.7 Å². The standard InChI is InChI=1S/C12H17BrN2O/c13-9-7-11(14-8-9)12(16)15-10-5-3-1-2-4-6-10/h7-8,10,14H,1-6H2,(H,15,16). The highest BCUT2D eigenvalue weighted by atomic mass is 79.9. The van der Waals surface area contributed by atoms with Gasteiger partial charge in [-0.05, 0) is 34.8 Å². The topological polar surface area (TPSA) is 44.9 Å². The van der Waals surface area contributed by atoms with Crippen LogP contribution in [0.4, 0.5) is 0 Å². The largest absolute Gasteiger partial charge is 0.356 e. The van der Waals surface area contributed by atoms with E-state index in [0.717, 1.165) is 17.3 Å². The van der Waals surface area contributed by atoms with E-state index in [2.05, 4.69) is 26.2 Å². The van der Waals surface area contributed by atoms with Crippen molar-refractivity contribution in [2.45, 2.75) is 44.6 Å². The summed E-state index contributed by atoms with van der Waals surface area (Å²) in [7, 11) is 0. The van der Waals surface area contributed by atoms with Crippen molar-refractivity contribution < 1.29 is 4.79 Å². The molecule has 1 heterocycles. The zero-order chi connectivity index (χ0) is 11.4. The highest BCUT2D eigenvalue weighted by Gasteiger charge is 2.16. The lowest BCUT2D eigenvalue weighted by Gasteiger charge is -2.15. The van der Waals surface area contributed by atoms with Crippen molar-refractivity contribution in [3.05, 3.63) is 22.4 Å². The Kier molecular flexibility index (Phi) is 4.04. The maximum absolute atomic E-state index is 11.9. The van der Waals surface area contributed by atoms with Gasteiger partial charge in [-0.3, -0.25) is 4.79 Å². The van der Waals surface area contributed by atoms with Gasteiger partial charge in [0.05, 0.1) is 0 Å². The number of hydrogen-bond donors (Lipinski definition) is 2. The second-order valence-electron chi connectivity index (χ2n) is 4.39. The molecule has 4 heteroatoms. The van der Waals surface area contributed by atoms with E-state index in [4.69, 9.17) is 0 Å². The lowest BCUT2D eigenvalue weighted by molar-refractivity contribution is 0.0929. The fourth-order valence-electron chi connectivity index (χ4n) is 2.19. The highest BCUT2D eigenvalue weighted by Crippen LogP contribution is 2.18. The fourth-order valence-corrected chi connectivity index (χ4v) is 2.53. The molecule has 1 aromatic heterocycles. The second-order valence-corrected chi connectivity index (χ2v) is 5.31.